The molecule has 20 heavy (non-hydrogen) atoms. The molecule has 0 aliphatic heterocycles. The largest absolute Gasteiger partial charge is 0.326 e. The lowest BCUT2D eigenvalue weighted by atomic mass is 9.98. The maximum absolute atomic E-state index is 11.7. The van der Waals surface area contributed by atoms with Crippen molar-refractivity contribution in [2.24, 2.45) is 0 Å². The van der Waals surface area contributed by atoms with Gasteiger partial charge in [0, 0.05) is 17.7 Å². The summed E-state index contributed by atoms with van der Waals surface area (Å²) in [5.74, 6) is -0.414. The van der Waals surface area contributed by atoms with Crippen LogP contribution in [0.3, 0.4) is 0 Å². The number of carbonyl (C=O) groups excluding carboxylic acids is 3. The Hall–Kier alpha value is -2.49. The Bertz CT molecular complexity index is 585. The molecule has 0 saturated carbocycles. The zero-order valence-electron chi connectivity index (χ0n) is 11.0. The third kappa shape index (κ3) is 4.02. The smallest absolute Gasteiger partial charge is 0.224 e. The Balaban J connectivity index is 1.77. The lowest BCUT2D eigenvalue weighted by molar-refractivity contribution is -0.116. The monoisotopic (exact) mass is 269 g/mol. The fourth-order valence-electron chi connectivity index (χ4n) is 1.94. The summed E-state index contributed by atoms with van der Waals surface area (Å²) in [6.45, 7) is 0. The minimum atomic E-state index is -0.173. The number of allylic oxidation sites excluding steroid dienone is 4. The summed E-state index contributed by atoms with van der Waals surface area (Å²) >= 11 is 0. The quantitative estimate of drug-likeness (QED) is 0.835. The summed E-state index contributed by atoms with van der Waals surface area (Å²) in [4.78, 5) is 34.4. The van der Waals surface area contributed by atoms with Crippen molar-refractivity contribution in [3.8, 4) is 0 Å². The normalized spacial score (nSPS) is 14.1. The second-order valence-corrected chi connectivity index (χ2v) is 4.54. The van der Waals surface area contributed by atoms with Crippen molar-refractivity contribution >= 4 is 23.2 Å². The van der Waals surface area contributed by atoms with Crippen molar-refractivity contribution in [3.63, 3.8) is 0 Å². The number of nitrogens with one attached hydrogen (secondary N) is 1. The van der Waals surface area contributed by atoms with Crippen LogP contribution in [0.5, 0.6) is 0 Å². The van der Waals surface area contributed by atoms with E-state index in [-0.39, 0.29) is 17.5 Å². The highest BCUT2D eigenvalue weighted by molar-refractivity contribution is 6.17. The molecule has 0 saturated heterocycles. The van der Waals surface area contributed by atoms with E-state index in [2.05, 4.69) is 5.32 Å². The van der Waals surface area contributed by atoms with Gasteiger partial charge in [0.1, 0.15) is 0 Å². The third-order valence-corrected chi connectivity index (χ3v) is 2.94. The van der Waals surface area contributed by atoms with E-state index in [9.17, 15) is 14.4 Å². The van der Waals surface area contributed by atoms with Gasteiger partial charge in [-0.15, -0.1) is 0 Å². The second-order valence-electron chi connectivity index (χ2n) is 4.54. The minimum Gasteiger partial charge on any atom is -0.326 e. The van der Waals surface area contributed by atoms with Crippen LogP contribution in [0.15, 0.2) is 54.1 Å². The summed E-state index contributed by atoms with van der Waals surface area (Å²) < 4.78 is 0. The van der Waals surface area contributed by atoms with Crippen LogP contribution in [0.25, 0.3) is 0 Å². The Kier molecular flexibility index (Phi) is 4.60. The van der Waals surface area contributed by atoms with Crippen LogP contribution in [0.4, 0.5) is 5.69 Å². The Morgan fingerprint density at radius 2 is 1.80 bits per heavy atom. The van der Waals surface area contributed by atoms with Gasteiger partial charge in [0.05, 0.1) is 0 Å². The standard InChI is InChI=1S/C16H15NO3/c18-14-9-10-15(19)12(11-14)5-4-8-16(20)17-13-6-2-1-3-7-13/h1-3,6-7,9-11H,4-5,8H2,(H,17,20). The van der Waals surface area contributed by atoms with Crippen LogP contribution in [0, 0.1) is 0 Å². The van der Waals surface area contributed by atoms with Crippen molar-refractivity contribution < 1.29 is 14.4 Å². The number of amides is 1. The highest BCUT2D eigenvalue weighted by Gasteiger charge is 2.13. The average Bonchev–Trinajstić information content (AvgIpc) is 2.44. The molecule has 0 aromatic heterocycles. The van der Waals surface area contributed by atoms with Gasteiger partial charge in [0.15, 0.2) is 11.6 Å². The van der Waals surface area contributed by atoms with E-state index in [1.54, 1.807) is 0 Å². The molecular formula is C16H15NO3. The Morgan fingerprint density at radius 3 is 2.55 bits per heavy atom. The van der Waals surface area contributed by atoms with Crippen LogP contribution >= 0.6 is 0 Å². The summed E-state index contributed by atoms with van der Waals surface area (Å²) in [5.41, 5.74) is 1.23. The maximum Gasteiger partial charge on any atom is 0.224 e. The molecule has 1 aromatic rings. The van der Waals surface area contributed by atoms with Crippen molar-refractivity contribution in [1.82, 2.24) is 0 Å². The van der Waals surface area contributed by atoms with Crippen LogP contribution in [-0.2, 0) is 14.4 Å². The predicted octanol–water partition coefficient (Wildman–Crippen LogP) is 2.43. The molecule has 1 aromatic carbocycles. The van der Waals surface area contributed by atoms with E-state index in [1.165, 1.54) is 18.2 Å². The van der Waals surface area contributed by atoms with Crippen LogP contribution in [-0.4, -0.2) is 17.5 Å². The van der Waals surface area contributed by atoms with E-state index < -0.39 is 0 Å². The van der Waals surface area contributed by atoms with Gasteiger partial charge in [0.2, 0.25) is 5.91 Å². The molecule has 0 bridgehead atoms. The molecule has 0 fully saturated rings. The van der Waals surface area contributed by atoms with Gasteiger partial charge in [0.25, 0.3) is 0 Å². The van der Waals surface area contributed by atoms with E-state index in [4.69, 9.17) is 0 Å². The van der Waals surface area contributed by atoms with Crippen molar-refractivity contribution in [1.29, 1.82) is 0 Å². The van der Waals surface area contributed by atoms with Crippen molar-refractivity contribution in [3.05, 3.63) is 54.1 Å². The number of carbonyl (C=O) groups is 3. The van der Waals surface area contributed by atoms with Gasteiger partial charge in [-0.1, -0.05) is 18.2 Å². The topological polar surface area (TPSA) is 63.2 Å². The molecule has 0 spiro atoms. The number of ketones is 2. The van der Waals surface area contributed by atoms with E-state index in [0.717, 1.165) is 5.69 Å². The van der Waals surface area contributed by atoms with Gasteiger partial charge in [-0.3, -0.25) is 14.4 Å². The fraction of sp³-hybridized carbons (Fsp3) is 0.188. The first-order chi connectivity index (χ1) is 9.65. The molecule has 0 unspecified atom stereocenters. The molecule has 0 radical (unpaired) electrons. The van der Waals surface area contributed by atoms with Gasteiger partial charge >= 0.3 is 0 Å². The molecule has 102 valence electrons. The molecule has 0 heterocycles. The second kappa shape index (κ2) is 6.61. The lowest BCUT2D eigenvalue weighted by Crippen LogP contribution is -2.12. The van der Waals surface area contributed by atoms with Crippen molar-refractivity contribution in [2.45, 2.75) is 19.3 Å². The first-order valence-electron chi connectivity index (χ1n) is 6.47. The molecule has 0 atom stereocenters. The summed E-state index contributed by atoms with van der Waals surface area (Å²) in [6, 6.07) is 9.20. The van der Waals surface area contributed by atoms with Gasteiger partial charge < -0.3 is 5.32 Å². The number of rotatable bonds is 5. The zero-order valence-corrected chi connectivity index (χ0v) is 11.0. The zero-order chi connectivity index (χ0) is 14.4. The number of anilines is 1. The highest BCUT2D eigenvalue weighted by atomic mass is 16.1. The molecule has 4 heteroatoms. The van der Waals surface area contributed by atoms with Gasteiger partial charge in [-0.05, 0) is 43.2 Å². The van der Waals surface area contributed by atoms with E-state index >= 15 is 0 Å². The molecule has 1 aliphatic carbocycles. The fourth-order valence-corrected chi connectivity index (χ4v) is 1.94. The predicted molar refractivity (Wildman–Crippen MR) is 76.2 cm³/mol. The summed E-state index contributed by atoms with van der Waals surface area (Å²) in [5, 5.41) is 2.78. The number of hydrogen-bond donors (Lipinski definition) is 1. The Morgan fingerprint density at radius 1 is 1.05 bits per heavy atom. The van der Waals surface area contributed by atoms with Crippen LogP contribution in [0.2, 0.25) is 0 Å². The molecule has 1 N–H and O–H groups in total. The molecule has 1 amide bonds. The number of hydrogen-bond acceptors (Lipinski definition) is 3. The van der Waals surface area contributed by atoms with Crippen LogP contribution in [0.1, 0.15) is 19.3 Å². The first-order valence-corrected chi connectivity index (χ1v) is 6.47. The number of para-hydroxylation sites is 1. The Labute approximate surface area is 117 Å². The van der Waals surface area contributed by atoms with Crippen molar-refractivity contribution in [2.75, 3.05) is 5.32 Å². The third-order valence-electron chi connectivity index (χ3n) is 2.94. The molecule has 1 aliphatic rings. The average molecular weight is 269 g/mol. The van der Waals surface area contributed by atoms with E-state index in [0.29, 0.717) is 24.8 Å². The van der Waals surface area contributed by atoms with E-state index in [1.807, 2.05) is 30.3 Å². The molecule has 2 rings (SSSR count). The maximum atomic E-state index is 11.7. The van der Waals surface area contributed by atoms with Gasteiger partial charge in [-0.25, -0.2) is 0 Å². The number of benzene rings is 1. The molecular weight excluding hydrogens is 254 g/mol. The minimum absolute atomic E-state index is 0.0954. The molecule has 4 nitrogen and oxygen atoms in total. The SMILES string of the molecule is O=C1C=CC(=O)C(CCCC(=O)Nc2ccccc2)=C1. The van der Waals surface area contributed by atoms with Gasteiger partial charge in [-0.2, -0.15) is 0 Å². The highest BCUT2D eigenvalue weighted by Crippen LogP contribution is 2.14. The lowest BCUT2D eigenvalue weighted by Gasteiger charge is -2.07. The summed E-state index contributed by atoms with van der Waals surface area (Å²) in [6.07, 6.45) is 5.18. The summed E-state index contributed by atoms with van der Waals surface area (Å²) in [7, 11) is 0. The first kappa shape index (κ1) is 13.9. The van der Waals surface area contributed by atoms with Crippen LogP contribution < -0.4 is 5.32 Å².